The van der Waals surface area contributed by atoms with Crippen LogP contribution < -0.4 is 15.4 Å². The second-order valence-electron chi connectivity index (χ2n) is 7.40. The zero-order valence-corrected chi connectivity index (χ0v) is 16.6. The number of aliphatic imine (C=N–C) groups is 1. The molecule has 6 heteroatoms. The van der Waals surface area contributed by atoms with Gasteiger partial charge in [-0.05, 0) is 41.8 Å². The highest BCUT2D eigenvalue weighted by atomic mass is 32.1. The van der Waals surface area contributed by atoms with Gasteiger partial charge >= 0.3 is 0 Å². The third-order valence-corrected chi connectivity index (χ3v) is 5.77. The van der Waals surface area contributed by atoms with E-state index in [1.807, 2.05) is 12.1 Å². The van der Waals surface area contributed by atoms with Crippen LogP contribution in [0.2, 0.25) is 0 Å². The molecule has 2 heterocycles. The lowest BCUT2D eigenvalue weighted by Gasteiger charge is -2.25. The maximum absolute atomic E-state index is 5.75. The van der Waals surface area contributed by atoms with E-state index in [0.717, 1.165) is 30.6 Å². The maximum atomic E-state index is 5.75. The van der Waals surface area contributed by atoms with Gasteiger partial charge in [0.15, 0.2) is 5.96 Å². The van der Waals surface area contributed by atoms with Crippen LogP contribution in [0.4, 0.5) is 0 Å². The van der Waals surface area contributed by atoms with E-state index in [2.05, 4.69) is 52.0 Å². The van der Waals surface area contributed by atoms with Crippen LogP contribution in [0.5, 0.6) is 5.88 Å². The second-order valence-corrected chi connectivity index (χ2v) is 8.34. The van der Waals surface area contributed by atoms with E-state index in [1.165, 1.54) is 17.7 Å². The fraction of sp³-hybridized carbons (Fsp3) is 0.500. The highest BCUT2D eigenvalue weighted by Gasteiger charge is 2.22. The minimum absolute atomic E-state index is 0.0618. The van der Waals surface area contributed by atoms with Crippen molar-refractivity contribution in [1.82, 2.24) is 15.6 Å². The predicted octanol–water partition coefficient (Wildman–Crippen LogP) is 3.57. The van der Waals surface area contributed by atoms with Crippen molar-refractivity contribution in [3.05, 3.63) is 46.3 Å². The van der Waals surface area contributed by atoms with E-state index in [1.54, 1.807) is 24.6 Å². The molecule has 2 N–H and O–H groups in total. The molecular formula is C20H28N4OS. The van der Waals surface area contributed by atoms with Gasteiger partial charge in [-0.3, -0.25) is 4.99 Å². The normalized spacial score (nSPS) is 15.0. The summed E-state index contributed by atoms with van der Waals surface area (Å²) in [5.41, 5.74) is 1.19. The SMILES string of the molecule is CN=C(NCc1ccnc(OCC2CC2)c1)NCC(C)(C)c1cccs1. The van der Waals surface area contributed by atoms with Gasteiger partial charge in [-0.2, -0.15) is 0 Å². The van der Waals surface area contributed by atoms with Crippen LogP contribution in [0.1, 0.15) is 37.1 Å². The molecular weight excluding hydrogens is 344 g/mol. The van der Waals surface area contributed by atoms with E-state index >= 15 is 0 Å². The van der Waals surface area contributed by atoms with Crippen LogP contribution in [0.15, 0.2) is 40.8 Å². The topological polar surface area (TPSA) is 58.5 Å². The molecule has 0 radical (unpaired) electrons. The summed E-state index contributed by atoms with van der Waals surface area (Å²) in [5.74, 6) is 2.23. The van der Waals surface area contributed by atoms with Crippen molar-refractivity contribution >= 4 is 17.3 Å². The van der Waals surface area contributed by atoms with Crippen LogP contribution >= 0.6 is 11.3 Å². The Kier molecular flexibility index (Phi) is 6.14. The van der Waals surface area contributed by atoms with Gasteiger partial charge in [0.2, 0.25) is 5.88 Å². The Morgan fingerprint density at radius 2 is 2.19 bits per heavy atom. The molecule has 0 spiro atoms. The molecule has 3 rings (SSSR count). The number of guanidine groups is 1. The van der Waals surface area contributed by atoms with E-state index < -0.39 is 0 Å². The molecule has 1 aliphatic carbocycles. The average Bonchev–Trinajstić information content (AvgIpc) is 3.30. The van der Waals surface area contributed by atoms with Crippen LogP contribution in [0.3, 0.4) is 0 Å². The molecule has 26 heavy (non-hydrogen) atoms. The number of ether oxygens (including phenoxy) is 1. The largest absolute Gasteiger partial charge is 0.477 e. The zero-order valence-electron chi connectivity index (χ0n) is 15.8. The number of pyridine rings is 1. The minimum Gasteiger partial charge on any atom is -0.477 e. The summed E-state index contributed by atoms with van der Waals surface area (Å²) >= 11 is 1.79. The fourth-order valence-electron chi connectivity index (χ4n) is 2.59. The first kappa shape index (κ1) is 18.7. The first-order valence-electron chi connectivity index (χ1n) is 9.13. The van der Waals surface area contributed by atoms with Gasteiger partial charge in [0, 0.05) is 42.7 Å². The molecule has 0 aromatic carbocycles. The van der Waals surface area contributed by atoms with Crippen molar-refractivity contribution in [2.24, 2.45) is 10.9 Å². The quantitative estimate of drug-likeness (QED) is 0.549. The minimum atomic E-state index is 0.0618. The van der Waals surface area contributed by atoms with Gasteiger partial charge in [-0.15, -0.1) is 11.3 Å². The van der Waals surface area contributed by atoms with Crippen molar-refractivity contribution in [2.45, 2.75) is 38.6 Å². The molecule has 0 amide bonds. The Morgan fingerprint density at radius 3 is 2.88 bits per heavy atom. The maximum Gasteiger partial charge on any atom is 0.213 e. The molecule has 0 atom stereocenters. The summed E-state index contributed by atoms with van der Waals surface area (Å²) in [4.78, 5) is 9.99. The smallest absolute Gasteiger partial charge is 0.213 e. The Hall–Kier alpha value is -2.08. The lowest BCUT2D eigenvalue weighted by Crippen LogP contribution is -2.42. The van der Waals surface area contributed by atoms with Crippen molar-refractivity contribution in [3.8, 4) is 5.88 Å². The summed E-state index contributed by atoms with van der Waals surface area (Å²) in [7, 11) is 1.80. The highest BCUT2D eigenvalue weighted by molar-refractivity contribution is 7.10. The third kappa shape index (κ3) is 5.46. The van der Waals surface area contributed by atoms with Crippen molar-refractivity contribution < 1.29 is 4.74 Å². The molecule has 0 unspecified atom stereocenters. The lowest BCUT2D eigenvalue weighted by atomic mass is 9.91. The molecule has 1 saturated carbocycles. The standard InChI is InChI=1S/C20H28N4OS/c1-20(2,17-5-4-10-26-17)14-24-19(21-3)23-12-16-8-9-22-18(11-16)25-13-15-6-7-15/h4-5,8-11,15H,6-7,12-14H2,1-3H3,(H2,21,23,24). The van der Waals surface area contributed by atoms with Crippen molar-refractivity contribution in [1.29, 1.82) is 0 Å². The zero-order chi connectivity index (χ0) is 18.4. The predicted molar refractivity (Wildman–Crippen MR) is 108 cm³/mol. The van der Waals surface area contributed by atoms with E-state index in [9.17, 15) is 0 Å². The molecule has 1 fully saturated rings. The van der Waals surface area contributed by atoms with Gasteiger partial charge in [0.05, 0.1) is 6.61 Å². The lowest BCUT2D eigenvalue weighted by molar-refractivity contribution is 0.288. The Morgan fingerprint density at radius 1 is 1.35 bits per heavy atom. The third-order valence-electron chi connectivity index (χ3n) is 4.53. The Labute approximate surface area is 159 Å². The number of aromatic nitrogens is 1. The number of hydrogen-bond acceptors (Lipinski definition) is 4. The first-order valence-corrected chi connectivity index (χ1v) is 10.0. The number of hydrogen-bond donors (Lipinski definition) is 2. The van der Waals surface area contributed by atoms with E-state index in [0.29, 0.717) is 12.4 Å². The van der Waals surface area contributed by atoms with E-state index in [-0.39, 0.29) is 5.41 Å². The molecule has 0 aliphatic heterocycles. The molecule has 1 aliphatic rings. The number of rotatable bonds is 8. The van der Waals surface area contributed by atoms with Gasteiger partial charge in [-0.1, -0.05) is 19.9 Å². The highest BCUT2D eigenvalue weighted by Crippen LogP contribution is 2.29. The summed E-state index contributed by atoms with van der Waals surface area (Å²) in [6.45, 7) is 6.77. The number of nitrogens with one attached hydrogen (secondary N) is 2. The van der Waals surface area contributed by atoms with Gasteiger partial charge in [0.25, 0.3) is 0 Å². The fourth-order valence-corrected chi connectivity index (χ4v) is 3.44. The summed E-state index contributed by atoms with van der Waals surface area (Å²) in [5, 5.41) is 8.92. The van der Waals surface area contributed by atoms with Crippen LogP contribution in [-0.4, -0.2) is 31.1 Å². The first-order chi connectivity index (χ1) is 12.6. The number of nitrogens with zero attached hydrogens (tertiary/aromatic N) is 2. The van der Waals surface area contributed by atoms with Crippen molar-refractivity contribution in [2.75, 3.05) is 20.2 Å². The molecule has 0 saturated heterocycles. The summed E-state index contributed by atoms with van der Waals surface area (Å²) in [6.07, 6.45) is 4.37. The van der Waals surface area contributed by atoms with Crippen LogP contribution in [0.25, 0.3) is 0 Å². The van der Waals surface area contributed by atoms with Gasteiger partial charge < -0.3 is 15.4 Å². The second kappa shape index (κ2) is 8.54. The number of thiophene rings is 1. The average molecular weight is 373 g/mol. The summed E-state index contributed by atoms with van der Waals surface area (Å²) < 4.78 is 5.75. The molecule has 0 bridgehead atoms. The van der Waals surface area contributed by atoms with Crippen LogP contribution in [0, 0.1) is 5.92 Å². The molecule has 5 nitrogen and oxygen atoms in total. The van der Waals surface area contributed by atoms with Crippen molar-refractivity contribution in [3.63, 3.8) is 0 Å². The summed E-state index contributed by atoms with van der Waals surface area (Å²) in [6, 6.07) is 8.28. The van der Waals surface area contributed by atoms with Gasteiger partial charge in [-0.25, -0.2) is 4.98 Å². The van der Waals surface area contributed by atoms with Gasteiger partial charge in [0.1, 0.15) is 0 Å². The Bertz CT molecular complexity index is 723. The van der Waals surface area contributed by atoms with E-state index in [4.69, 9.17) is 4.74 Å². The Balaban J connectivity index is 1.48. The molecule has 2 aromatic heterocycles. The van der Waals surface area contributed by atoms with Crippen LogP contribution in [-0.2, 0) is 12.0 Å². The molecule has 2 aromatic rings. The monoisotopic (exact) mass is 372 g/mol. The molecule has 140 valence electrons.